The highest BCUT2D eigenvalue weighted by molar-refractivity contribution is 7.99. The fourth-order valence-electron chi connectivity index (χ4n) is 2.73. The lowest BCUT2D eigenvalue weighted by Crippen LogP contribution is -2.10. The van der Waals surface area contributed by atoms with Crippen molar-refractivity contribution in [2.24, 2.45) is 0 Å². The largest absolute Gasteiger partial charge is 0.493 e. The standard InChI is InChI=1S/C20H24N4OS/c1-5-25-15-11-10-14-16(18(21)24-19(22)23-14)17(15)26-13-8-6-12(7-9-13)20(2,3)4/h6-11H,5H2,1-4H3,(H4,21,22,23,24). The van der Waals surface area contributed by atoms with Gasteiger partial charge in [0.1, 0.15) is 11.6 Å². The molecular weight excluding hydrogens is 344 g/mol. The smallest absolute Gasteiger partial charge is 0.222 e. The first-order chi connectivity index (χ1) is 12.3. The first-order valence-electron chi connectivity index (χ1n) is 8.56. The highest BCUT2D eigenvalue weighted by Crippen LogP contribution is 2.42. The van der Waals surface area contributed by atoms with Gasteiger partial charge in [-0.2, -0.15) is 4.98 Å². The van der Waals surface area contributed by atoms with Crippen LogP contribution in [-0.4, -0.2) is 16.6 Å². The summed E-state index contributed by atoms with van der Waals surface area (Å²) in [6.07, 6.45) is 0. The van der Waals surface area contributed by atoms with Gasteiger partial charge in [-0.25, -0.2) is 4.98 Å². The number of anilines is 2. The maximum Gasteiger partial charge on any atom is 0.222 e. The minimum Gasteiger partial charge on any atom is -0.493 e. The molecule has 136 valence electrons. The quantitative estimate of drug-likeness (QED) is 0.697. The van der Waals surface area contributed by atoms with Crippen LogP contribution >= 0.6 is 11.8 Å². The second-order valence-electron chi connectivity index (χ2n) is 7.06. The van der Waals surface area contributed by atoms with Crippen molar-refractivity contribution in [2.75, 3.05) is 18.1 Å². The van der Waals surface area contributed by atoms with Crippen LogP contribution in [-0.2, 0) is 5.41 Å². The van der Waals surface area contributed by atoms with E-state index < -0.39 is 0 Å². The molecule has 4 N–H and O–H groups in total. The number of hydrogen-bond donors (Lipinski definition) is 2. The van der Waals surface area contributed by atoms with E-state index in [4.69, 9.17) is 16.2 Å². The van der Waals surface area contributed by atoms with Crippen molar-refractivity contribution in [3.63, 3.8) is 0 Å². The van der Waals surface area contributed by atoms with E-state index in [1.165, 1.54) is 5.56 Å². The molecule has 0 radical (unpaired) electrons. The molecule has 0 unspecified atom stereocenters. The van der Waals surface area contributed by atoms with Gasteiger partial charge < -0.3 is 16.2 Å². The van der Waals surface area contributed by atoms with Crippen molar-refractivity contribution in [1.82, 2.24) is 9.97 Å². The summed E-state index contributed by atoms with van der Waals surface area (Å²) in [6.45, 7) is 9.14. The van der Waals surface area contributed by atoms with E-state index in [9.17, 15) is 0 Å². The molecule has 0 fully saturated rings. The van der Waals surface area contributed by atoms with E-state index in [0.29, 0.717) is 17.9 Å². The molecule has 0 aliphatic heterocycles. The van der Waals surface area contributed by atoms with E-state index in [1.54, 1.807) is 11.8 Å². The van der Waals surface area contributed by atoms with Crippen molar-refractivity contribution in [1.29, 1.82) is 0 Å². The zero-order valence-corrected chi connectivity index (χ0v) is 16.4. The van der Waals surface area contributed by atoms with Crippen LogP contribution in [0.5, 0.6) is 5.75 Å². The Labute approximate surface area is 158 Å². The molecule has 0 bridgehead atoms. The number of fused-ring (bicyclic) bond motifs is 1. The van der Waals surface area contributed by atoms with Gasteiger partial charge in [-0.1, -0.05) is 44.7 Å². The predicted octanol–water partition coefficient (Wildman–Crippen LogP) is 4.64. The van der Waals surface area contributed by atoms with Crippen molar-refractivity contribution < 1.29 is 4.74 Å². The molecule has 3 aromatic rings. The van der Waals surface area contributed by atoms with E-state index in [2.05, 4.69) is 55.0 Å². The molecule has 0 saturated carbocycles. The van der Waals surface area contributed by atoms with Crippen LogP contribution in [0.2, 0.25) is 0 Å². The molecule has 0 atom stereocenters. The molecule has 0 saturated heterocycles. The fraction of sp³-hybridized carbons (Fsp3) is 0.300. The first kappa shape index (κ1) is 18.3. The summed E-state index contributed by atoms with van der Waals surface area (Å²) in [5.74, 6) is 1.30. The fourth-order valence-corrected chi connectivity index (χ4v) is 3.78. The maximum absolute atomic E-state index is 6.16. The van der Waals surface area contributed by atoms with E-state index in [1.807, 2.05) is 19.1 Å². The molecule has 0 aliphatic carbocycles. The molecule has 0 amide bonds. The van der Waals surface area contributed by atoms with E-state index >= 15 is 0 Å². The summed E-state index contributed by atoms with van der Waals surface area (Å²) in [5.41, 5.74) is 14.0. The van der Waals surface area contributed by atoms with Crippen LogP contribution in [0.4, 0.5) is 11.8 Å². The Balaban J connectivity index is 2.09. The van der Waals surface area contributed by atoms with Gasteiger partial charge in [-0.05, 0) is 42.2 Å². The molecule has 6 heteroatoms. The van der Waals surface area contributed by atoms with Gasteiger partial charge in [0.25, 0.3) is 0 Å². The predicted molar refractivity (Wildman–Crippen MR) is 109 cm³/mol. The molecule has 1 aromatic heterocycles. The number of benzene rings is 2. The topological polar surface area (TPSA) is 87.0 Å². The number of ether oxygens (including phenoxy) is 1. The van der Waals surface area contributed by atoms with Gasteiger partial charge in [0, 0.05) is 4.90 Å². The van der Waals surface area contributed by atoms with Crippen LogP contribution < -0.4 is 16.2 Å². The van der Waals surface area contributed by atoms with Crippen LogP contribution in [0.25, 0.3) is 10.9 Å². The Bertz CT molecular complexity index is 933. The SMILES string of the molecule is CCOc1ccc2nc(N)nc(N)c2c1Sc1ccc(C(C)(C)C)cc1. The maximum atomic E-state index is 6.16. The Morgan fingerprint density at radius 3 is 2.31 bits per heavy atom. The van der Waals surface area contributed by atoms with Gasteiger partial charge in [-0.15, -0.1) is 0 Å². The van der Waals surface area contributed by atoms with Crippen molar-refractivity contribution in [3.05, 3.63) is 42.0 Å². The van der Waals surface area contributed by atoms with Gasteiger partial charge >= 0.3 is 0 Å². The van der Waals surface area contributed by atoms with Crippen LogP contribution in [0.3, 0.4) is 0 Å². The number of aromatic nitrogens is 2. The molecule has 3 rings (SSSR count). The van der Waals surface area contributed by atoms with Crippen molar-refractivity contribution >= 4 is 34.4 Å². The first-order valence-corrected chi connectivity index (χ1v) is 9.38. The second-order valence-corrected chi connectivity index (χ2v) is 8.15. The number of hydrogen-bond acceptors (Lipinski definition) is 6. The highest BCUT2D eigenvalue weighted by atomic mass is 32.2. The molecule has 0 spiro atoms. The molecule has 26 heavy (non-hydrogen) atoms. The summed E-state index contributed by atoms with van der Waals surface area (Å²) in [4.78, 5) is 10.4. The zero-order chi connectivity index (χ0) is 18.9. The van der Waals surface area contributed by atoms with Gasteiger partial charge in [0.2, 0.25) is 5.95 Å². The second kappa shape index (κ2) is 7.03. The van der Waals surface area contributed by atoms with Crippen LogP contribution in [0, 0.1) is 0 Å². The normalized spacial score (nSPS) is 11.7. The number of rotatable bonds is 4. The number of nitrogens with two attached hydrogens (primary N) is 2. The van der Waals surface area contributed by atoms with E-state index in [-0.39, 0.29) is 11.4 Å². The lowest BCUT2D eigenvalue weighted by molar-refractivity contribution is 0.333. The third-order valence-corrected chi connectivity index (χ3v) is 5.18. The van der Waals surface area contributed by atoms with Crippen LogP contribution in [0.15, 0.2) is 46.2 Å². The molecular formula is C20H24N4OS. The Morgan fingerprint density at radius 2 is 1.69 bits per heavy atom. The third kappa shape index (κ3) is 3.70. The molecule has 5 nitrogen and oxygen atoms in total. The summed E-state index contributed by atoms with van der Waals surface area (Å²) in [5, 5.41) is 0.773. The zero-order valence-electron chi connectivity index (χ0n) is 15.5. The van der Waals surface area contributed by atoms with Crippen molar-refractivity contribution in [2.45, 2.75) is 42.9 Å². The molecule has 1 heterocycles. The van der Waals surface area contributed by atoms with Gasteiger partial charge in [0.05, 0.1) is 22.4 Å². The monoisotopic (exact) mass is 368 g/mol. The molecule has 2 aromatic carbocycles. The average Bonchev–Trinajstić information content (AvgIpc) is 2.56. The Hall–Kier alpha value is -2.47. The summed E-state index contributed by atoms with van der Waals surface area (Å²) >= 11 is 1.60. The minimum atomic E-state index is 0.120. The summed E-state index contributed by atoms with van der Waals surface area (Å²) < 4.78 is 5.82. The summed E-state index contributed by atoms with van der Waals surface area (Å²) in [7, 11) is 0. The lowest BCUT2D eigenvalue weighted by atomic mass is 9.87. The third-order valence-electron chi connectivity index (χ3n) is 4.07. The van der Waals surface area contributed by atoms with Crippen molar-refractivity contribution in [3.8, 4) is 5.75 Å². The number of nitrogens with zero attached hydrogens (tertiary/aromatic N) is 2. The molecule has 0 aliphatic rings. The minimum absolute atomic E-state index is 0.120. The highest BCUT2D eigenvalue weighted by Gasteiger charge is 2.17. The van der Waals surface area contributed by atoms with Gasteiger partial charge in [0.15, 0.2) is 0 Å². The Kier molecular flexibility index (Phi) is 4.96. The van der Waals surface area contributed by atoms with Crippen LogP contribution in [0.1, 0.15) is 33.3 Å². The van der Waals surface area contributed by atoms with Gasteiger partial charge in [-0.3, -0.25) is 0 Å². The lowest BCUT2D eigenvalue weighted by Gasteiger charge is -2.19. The Morgan fingerprint density at radius 1 is 1.00 bits per heavy atom. The summed E-state index contributed by atoms with van der Waals surface area (Å²) in [6, 6.07) is 12.3. The number of nitrogen functional groups attached to an aromatic ring is 2. The van der Waals surface area contributed by atoms with E-state index in [0.717, 1.165) is 20.9 Å². The average molecular weight is 369 g/mol.